The summed E-state index contributed by atoms with van der Waals surface area (Å²) in [5, 5.41) is 21.5. The Morgan fingerprint density at radius 1 is 1.19 bits per heavy atom. The molecular weight excluding hydrogens is 443 g/mol. The molecule has 0 aromatic heterocycles. The average molecular weight is 460 g/mol. The van der Waals surface area contributed by atoms with E-state index in [-0.39, 0.29) is 11.3 Å². The third-order valence-corrected chi connectivity index (χ3v) is 9.54. The van der Waals surface area contributed by atoms with Crippen LogP contribution in [0.5, 0.6) is 0 Å². The maximum absolute atomic E-state index is 13.2. The van der Waals surface area contributed by atoms with E-state index >= 15 is 0 Å². The van der Waals surface area contributed by atoms with Crippen molar-refractivity contribution >= 4 is 47.1 Å². The van der Waals surface area contributed by atoms with Crippen molar-refractivity contribution in [3.63, 3.8) is 0 Å². The molecule has 0 fully saturated rings. The third-order valence-electron chi connectivity index (χ3n) is 3.63. The molecule has 1 heterocycles. The Morgan fingerprint density at radius 2 is 1.81 bits per heavy atom. The summed E-state index contributed by atoms with van der Waals surface area (Å²) in [6.45, 7) is 5.29. The molecule has 27 heavy (non-hydrogen) atoms. The van der Waals surface area contributed by atoms with E-state index in [4.69, 9.17) is 19.4 Å². The van der Waals surface area contributed by atoms with Crippen LogP contribution in [0.3, 0.4) is 0 Å². The number of rotatable bonds is 4. The van der Waals surface area contributed by atoms with Crippen LogP contribution in [0.15, 0.2) is 42.5 Å². The van der Waals surface area contributed by atoms with Gasteiger partial charge in [0.1, 0.15) is 0 Å². The summed E-state index contributed by atoms with van der Waals surface area (Å²) in [6.07, 6.45) is 0. The number of non-ortho nitro benzene ring substituents is 1. The summed E-state index contributed by atoms with van der Waals surface area (Å²) < 4.78 is 12.6. The van der Waals surface area contributed by atoms with Crippen molar-refractivity contribution in [3.8, 4) is 0 Å². The molecule has 2 aromatic carbocycles. The van der Waals surface area contributed by atoms with Gasteiger partial charge >= 0.3 is 163 Å². The van der Waals surface area contributed by atoms with E-state index in [0.29, 0.717) is 15.2 Å². The van der Waals surface area contributed by atoms with Crippen LogP contribution in [-0.2, 0) is 7.79 Å². The van der Waals surface area contributed by atoms with Gasteiger partial charge in [0.25, 0.3) is 0 Å². The van der Waals surface area contributed by atoms with Crippen molar-refractivity contribution in [2.45, 2.75) is 26.4 Å². The van der Waals surface area contributed by atoms with Crippen LogP contribution in [0.2, 0.25) is 5.02 Å². The van der Waals surface area contributed by atoms with Gasteiger partial charge in [0.15, 0.2) is 0 Å². The van der Waals surface area contributed by atoms with Gasteiger partial charge in [-0.05, 0) is 0 Å². The molecular formula is C17H17ClN2O6Se. The second kappa shape index (κ2) is 6.87. The van der Waals surface area contributed by atoms with E-state index in [9.17, 15) is 20.2 Å². The second-order valence-corrected chi connectivity index (χ2v) is 11.5. The number of hydrogen-bond donors (Lipinski definition) is 1. The zero-order valence-corrected chi connectivity index (χ0v) is 17.2. The second-order valence-electron chi connectivity index (χ2n) is 6.76. The van der Waals surface area contributed by atoms with E-state index in [1.807, 2.05) is 0 Å². The molecule has 1 amide bonds. The Hall–Kier alpha value is -2.00. The molecule has 0 saturated carbocycles. The van der Waals surface area contributed by atoms with Crippen LogP contribution in [0.25, 0.3) is 0 Å². The van der Waals surface area contributed by atoms with E-state index in [1.54, 1.807) is 45.0 Å². The number of amides is 1. The Kier molecular flexibility index (Phi) is 5.02. The predicted octanol–water partition coefficient (Wildman–Crippen LogP) is 3.36. The Balaban J connectivity index is 2.25. The van der Waals surface area contributed by atoms with E-state index in [0.717, 1.165) is 0 Å². The molecule has 1 aliphatic rings. The van der Waals surface area contributed by atoms with Crippen LogP contribution in [0, 0.1) is 10.1 Å². The predicted molar refractivity (Wildman–Crippen MR) is 101 cm³/mol. The van der Waals surface area contributed by atoms with Crippen molar-refractivity contribution < 1.29 is 22.8 Å². The number of nitrogens with zero attached hydrogens (tertiary/aromatic N) is 2. The summed E-state index contributed by atoms with van der Waals surface area (Å²) in [4.78, 5) is 23.7. The fraction of sp³-hybridized carbons (Fsp3) is 0.235. The zero-order valence-electron chi connectivity index (χ0n) is 14.7. The fourth-order valence-electron chi connectivity index (χ4n) is 2.68. The molecule has 8 nitrogen and oxygen atoms in total. The van der Waals surface area contributed by atoms with Gasteiger partial charge in [-0.2, -0.15) is 0 Å². The summed E-state index contributed by atoms with van der Waals surface area (Å²) in [6, 6.07) is 10.2. The van der Waals surface area contributed by atoms with Gasteiger partial charge in [0, 0.05) is 0 Å². The molecule has 3 rings (SSSR count). The fourth-order valence-corrected chi connectivity index (χ4v) is 8.26. The maximum atomic E-state index is 13.2. The molecule has 0 spiro atoms. The van der Waals surface area contributed by atoms with Crippen LogP contribution < -0.4 is 8.38 Å². The molecule has 0 radical (unpaired) electrons. The number of nitro benzene ring substituents is 1. The van der Waals surface area contributed by atoms with Crippen molar-refractivity contribution in [2.75, 3.05) is 3.92 Å². The van der Waals surface area contributed by atoms with Gasteiger partial charge in [0.05, 0.1) is 0 Å². The van der Waals surface area contributed by atoms with Crippen LogP contribution in [0.1, 0.15) is 31.1 Å². The molecule has 1 unspecified atom stereocenters. The molecule has 10 heteroatoms. The number of nitro groups is 1. The molecule has 0 bridgehead atoms. The molecule has 1 N–H and O–H groups in total. The van der Waals surface area contributed by atoms with Crippen LogP contribution in [0.4, 0.5) is 11.4 Å². The third kappa shape index (κ3) is 3.45. The van der Waals surface area contributed by atoms with Gasteiger partial charge in [-0.3, -0.25) is 0 Å². The van der Waals surface area contributed by atoms with Crippen molar-refractivity contribution in [3.05, 3.63) is 63.2 Å². The topological polar surface area (TPSA) is 102 Å². The minimum atomic E-state index is -4.13. The number of hydrogen-bond acceptors (Lipinski definition) is 6. The van der Waals surface area contributed by atoms with Crippen molar-refractivity contribution in [1.29, 1.82) is 0 Å². The first-order valence-corrected chi connectivity index (χ1v) is 11.2. The quantitative estimate of drug-likeness (QED) is 0.325. The van der Waals surface area contributed by atoms with Gasteiger partial charge in [-0.15, -0.1) is 0 Å². The normalized spacial score (nSPS) is 21.7. The Labute approximate surface area is 163 Å². The number of anilines is 1. The molecule has 144 valence electrons. The molecule has 0 saturated heterocycles. The SMILES string of the molecule is CC(C)(C)O[Se]1(OO)c2ccc([N+](=O)[O-])cc2C(=O)N1c1ccc(Cl)cc1. The first kappa shape index (κ1) is 19.8. The summed E-state index contributed by atoms with van der Waals surface area (Å²) in [7, 11) is 0. The van der Waals surface area contributed by atoms with Crippen LogP contribution >= 0.6 is 11.6 Å². The van der Waals surface area contributed by atoms with Gasteiger partial charge in [0.2, 0.25) is 0 Å². The number of carbonyl (C=O) groups is 1. The molecule has 0 aliphatic carbocycles. The van der Waals surface area contributed by atoms with Gasteiger partial charge in [-0.25, -0.2) is 0 Å². The van der Waals surface area contributed by atoms with E-state index in [2.05, 4.69) is 0 Å². The number of fused-ring (bicyclic) bond motifs is 1. The Morgan fingerprint density at radius 3 is 2.33 bits per heavy atom. The van der Waals surface area contributed by atoms with E-state index < -0.39 is 30.2 Å². The summed E-state index contributed by atoms with van der Waals surface area (Å²) >= 11 is 1.80. The summed E-state index contributed by atoms with van der Waals surface area (Å²) in [5.74, 6) is -0.547. The van der Waals surface area contributed by atoms with Crippen molar-refractivity contribution in [1.82, 2.24) is 0 Å². The van der Waals surface area contributed by atoms with Gasteiger partial charge in [-0.1, -0.05) is 0 Å². The van der Waals surface area contributed by atoms with Crippen molar-refractivity contribution in [2.24, 2.45) is 0 Å². The first-order chi connectivity index (χ1) is 12.6. The average Bonchev–Trinajstić information content (AvgIpc) is 2.83. The van der Waals surface area contributed by atoms with Gasteiger partial charge < -0.3 is 0 Å². The first-order valence-electron chi connectivity index (χ1n) is 7.85. The molecule has 1 atom stereocenters. The van der Waals surface area contributed by atoms with Crippen LogP contribution in [-0.4, -0.2) is 35.4 Å². The number of carbonyl (C=O) groups excluding carboxylic acids is 1. The molecule has 1 aliphatic heterocycles. The zero-order chi connectivity index (χ0) is 20.0. The molecule has 2 aromatic rings. The standard InChI is InChI=1S/C17H17ClN2O6Se/c1-17(2,3)25-27(26-24)15-9-8-13(20(22)23)10-14(15)16(21)19(27)12-6-4-11(18)5-7-12/h4-10,24H,1-3H3. The summed E-state index contributed by atoms with van der Waals surface area (Å²) in [5.41, 5.74) is -0.532. The number of benzene rings is 2. The monoisotopic (exact) mass is 460 g/mol. The number of halogens is 1. The minimum absolute atomic E-state index is 0.0671. The van der Waals surface area contributed by atoms with E-state index in [1.165, 1.54) is 22.1 Å². The Bertz CT molecular complexity index is 915.